The minimum atomic E-state index is 0.519. The summed E-state index contributed by atoms with van der Waals surface area (Å²) in [5.41, 5.74) is 7.19. The molecule has 1 fully saturated rings. The van der Waals surface area contributed by atoms with Gasteiger partial charge in [0.25, 0.3) is 0 Å². The first-order valence-corrected chi connectivity index (χ1v) is 11.4. The van der Waals surface area contributed by atoms with E-state index in [4.69, 9.17) is 0 Å². The summed E-state index contributed by atoms with van der Waals surface area (Å²) in [7, 11) is 2.23. The highest BCUT2D eigenvalue weighted by atomic mass is 79.9. The van der Waals surface area contributed by atoms with E-state index in [9.17, 15) is 0 Å². The topological polar surface area (TPSA) is 9.72 Å². The van der Waals surface area contributed by atoms with Crippen molar-refractivity contribution in [3.63, 3.8) is 0 Å². The molecule has 4 heteroatoms. The van der Waals surface area contributed by atoms with Gasteiger partial charge in [-0.2, -0.15) is 0 Å². The summed E-state index contributed by atoms with van der Waals surface area (Å²) in [6, 6.07) is 6.82. The van der Waals surface area contributed by atoms with Gasteiger partial charge in [-0.25, -0.2) is 0 Å². The van der Waals surface area contributed by atoms with E-state index in [-0.39, 0.29) is 0 Å². The molecule has 3 aliphatic rings. The fourth-order valence-electron chi connectivity index (χ4n) is 4.64. The fraction of sp³-hybridized carbons (Fsp3) is 0.500. The van der Waals surface area contributed by atoms with Crippen LogP contribution < -0.4 is 0 Å². The number of likely N-dealkylation sites (N-methyl/N-ethyl adjacent to an activating group) is 1. The van der Waals surface area contributed by atoms with Crippen molar-refractivity contribution in [2.75, 3.05) is 39.8 Å². The van der Waals surface area contributed by atoms with E-state index in [1.807, 2.05) is 0 Å². The second-order valence-electron chi connectivity index (χ2n) is 8.48. The summed E-state index contributed by atoms with van der Waals surface area (Å²) >= 11 is 3.72. The van der Waals surface area contributed by atoms with Gasteiger partial charge in [0.05, 0.1) is 5.70 Å². The van der Waals surface area contributed by atoms with Crippen LogP contribution in [-0.2, 0) is 0 Å². The third-order valence-corrected chi connectivity index (χ3v) is 7.05. The van der Waals surface area contributed by atoms with Crippen LogP contribution >= 0.6 is 15.9 Å². The molecule has 0 aromatic heterocycles. The number of halogens is 1. The van der Waals surface area contributed by atoms with E-state index in [0.717, 1.165) is 50.0 Å². The van der Waals surface area contributed by atoms with E-state index in [1.165, 1.54) is 28.2 Å². The van der Waals surface area contributed by atoms with Gasteiger partial charge in [-0.15, -0.1) is 0 Å². The molecule has 28 heavy (non-hydrogen) atoms. The zero-order chi connectivity index (χ0) is 19.8. The van der Waals surface area contributed by atoms with Crippen LogP contribution in [0.1, 0.15) is 50.7 Å². The summed E-state index contributed by atoms with van der Waals surface area (Å²) in [6.07, 6.45) is 7.13. The minimum absolute atomic E-state index is 0.519. The van der Waals surface area contributed by atoms with Gasteiger partial charge in [-0.3, -0.25) is 0 Å². The zero-order valence-electron chi connectivity index (χ0n) is 17.6. The lowest BCUT2D eigenvalue weighted by Crippen LogP contribution is -2.48. The van der Waals surface area contributed by atoms with E-state index >= 15 is 0 Å². The molecule has 0 saturated carbocycles. The van der Waals surface area contributed by atoms with Gasteiger partial charge < -0.3 is 14.7 Å². The molecule has 0 amide bonds. The largest absolute Gasteiger partial charge is 0.356 e. The maximum Gasteiger partial charge on any atom is 0.105 e. The highest BCUT2D eigenvalue weighted by Gasteiger charge is 2.30. The molecule has 1 saturated heterocycles. The van der Waals surface area contributed by atoms with Crippen LogP contribution in [0.4, 0.5) is 0 Å². The number of allylic oxidation sites excluding steroid dienone is 3. The third kappa shape index (κ3) is 3.69. The van der Waals surface area contributed by atoms with Crippen molar-refractivity contribution in [1.29, 1.82) is 0 Å². The van der Waals surface area contributed by atoms with Crippen molar-refractivity contribution in [2.45, 2.75) is 39.5 Å². The molecule has 150 valence electrons. The molecule has 1 aromatic carbocycles. The summed E-state index contributed by atoms with van der Waals surface area (Å²) in [4.78, 5) is 7.63. The van der Waals surface area contributed by atoms with Crippen molar-refractivity contribution in [3.8, 4) is 0 Å². The second kappa shape index (κ2) is 8.08. The van der Waals surface area contributed by atoms with Crippen LogP contribution in [0, 0.1) is 0 Å². The number of nitrogens with zero attached hydrogens (tertiary/aromatic N) is 3. The Labute approximate surface area is 178 Å². The lowest BCUT2D eigenvalue weighted by atomic mass is 9.87. The Hall–Kier alpha value is -1.52. The van der Waals surface area contributed by atoms with E-state index < -0.39 is 0 Å². The highest BCUT2D eigenvalue weighted by molar-refractivity contribution is 9.10. The summed E-state index contributed by atoms with van der Waals surface area (Å²) in [5.74, 6) is 1.93. The normalized spacial score (nSPS) is 23.5. The molecule has 0 N–H and O–H groups in total. The number of benzene rings is 1. The molecule has 3 aliphatic heterocycles. The lowest BCUT2D eigenvalue weighted by molar-refractivity contribution is 0.157. The van der Waals surface area contributed by atoms with Crippen LogP contribution in [0.5, 0.6) is 0 Å². The van der Waals surface area contributed by atoms with Crippen molar-refractivity contribution in [1.82, 2.24) is 14.7 Å². The molecule has 0 aliphatic carbocycles. The molecular weight excluding hydrogens is 410 g/mol. The molecule has 0 radical (unpaired) electrons. The van der Waals surface area contributed by atoms with Gasteiger partial charge in [-0.1, -0.05) is 35.8 Å². The number of rotatable bonds is 2. The van der Waals surface area contributed by atoms with Crippen LogP contribution in [0.15, 0.2) is 51.8 Å². The number of fused-ring (bicyclic) bond motifs is 3. The SMILES string of the molecule is CCC1=C(C)C=C2c3cc(Br)ccc3C(C)CC=C(N3CCN(C)CC3)N2C1. The van der Waals surface area contributed by atoms with Crippen molar-refractivity contribution in [2.24, 2.45) is 0 Å². The Kier molecular flexibility index (Phi) is 5.71. The molecule has 4 rings (SSSR count). The Bertz CT molecular complexity index is 843. The first-order valence-electron chi connectivity index (χ1n) is 10.6. The van der Waals surface area contributed by atoms with Crippen LogP contribution in [-0.4, -0.2) is 54.5 Å². The summed E-state index contributed by atoms with van der Waals surface area (Å²) < 4.78 is 1.16. The van der Waals surface area contributed by atoms with Crippen molar-refractivity contribution < 1.29 is 0 Å². The van der Waals surface area contributed by atoms with Gasteiger partial charge in [-0.05, 0) is 73.7 Å². The highest BCUT2D eigenvalue weighted by Crippen LogP contribution is 2.40. The Balaban J connectivity index is 1.83. The Morgan fingerprint density at radius 1 is 1.14 bits per heavy atom. The summed E-state index contributed by atoms with van der Waals surface area (Å²) in [5, 5.41) is 0. The molecule has 0 spiro atoms. The van der Waals surface area contributed by atoms with Crippen LogP contribution in [0.25, 0.3) is 5.70 Å². The van der Waals surface area contributed by atoms with Gasteiger partial charge in [0.1, 0.15) is 5.82 Å². The first-order chi connectivity index (χ1) is 13.5. The number of hydrogen-bond donors (Lipinski definition) is 0. The average Bonchev–Trinajstić information content (AvgIpc) is 2.68. The van der Waals surface area contributed by atoms with Gasteiger partial charge >= 0.3 is 0 Å². The maximum atomic E-state index is 3.72. The minimum Gasteiger partial charge on any atom is -0.356 e. The molecular formula is C24H32BrN3. The monoisotopic (exact) mass is 441 g/mol. The van der Waals surface area contributed by atoms with E-state index in [1.54, 1.807) is 5.57 Å². The molecule has 0 bridgehead atoms. The standard InChI is InChI=1S/C24H32BrN3/c1-5-19-16-28-23(14-18(19)3)22-15-20(25)7-8-21(22)17(2)6-9-24(28)27-12-10-26(4)11-13-27/h7-9,14-15,17H,5-6,10-13,16H2,1-4H3. The van der Waals surface area contributed by atoms with Crippen LogP contribution in [0.2, 0.25) is 0 Å². The molecule has 1 unspecified atom stereocenters. The average molecular weight is 442 g/mol. The summed E-state index contributed by atoms with van der Waals surface area (Å²) in [6.45, 7) is 12.4. The smallest absolute Gasteiger partial charge is 0.105 e. The van der Waals surface area contributed by atoms with E-state index in [0.29, 0.717) is 5.92 Å². The predicted octanol–water partition coefficient (Wildman–Crippen LogP) is 5.43. The predicted molar refractivity (Wildman–Crippen MR) is 122 cm³/mol. The molecule has 1 aromatic rings. The molecule has 3 heterocycles. The van der Waals surface area contributed by atoms with Gasteiger partial charge in [0, 0.05) is 42.8 Å². The van der Waals surface area contributed by atoms with Gasteiger partial charge in [0.15, 0.2) is 0 Å². The maximum absolute atomic E-state index is 3.72. The number of hydrogen-bond acceptors (Lipinski definition) is 3. The Morgan fingerprint density at radius 3 is 2.61 bits per heavy atom. The zero-order valence-corrected chi connectivity index (χ0v) is 19.2. The van der Waals surface area contributed by atoms with E-state index in [2.05, 4.69) is 88.8 Å². The molecule has 1 atom stereocenters. The Morgan fingerprint density at radius 2 is 1.89 bits per heavy atom. The van der Waals surface area contributed by atoms with Crippen LogP contribution in [0.3, 0.4) is 0 Å². The molecule has 3 nitrogen and oxygen atoms in total. The number of piperazine rings is 1. The fourth-order valence-corrected chi connectivity index (χ4v) is 5.00. The van der Waals surface area contributed by atoms with Gasteiger partial charge in [0.2, 0.25) is 0 Å². The third-order valence-electron chi connectivity index (χ3n) is 6.56. The quantitative estimate of drug-likeness (QED) is 0.605. The van der Waals surface area contributed by atoms with Crippen molar-refractivity contribution in [3.05, 3.63) is 62.9 Å². The second-order valence-corrected chi connectivity index (χ2v) is 9.39. The van der Waals surface area contributed by atoms with Crippen molar-refractivity contribution >= 4 is 21.6 Å². The first kappa shape index (κ1) is 19.8. The lowest BCUT2D eigenvalue weighted by Gasteiger charge is -2.44.